The van der Waals surface area contributed by atoms with Crippen LogP contribution in [0.15, 0.2) is 6.20 Å². The lowest BCUT2D eigenvalue weighted by molar-refractivity contribution is -0.0318. The van der Waals surface area contributed by atoms with Gasteiger partial charge in [0.05, 0.1) is 24.6 Å². The SMILES string of the molecule is Cc1cnc(C)c(NCC2(N3CCOCC3)CCCCC2)n1. The molecule has 0 radical (unpaired) electrons. The molecule has 5 heteroatoms. The average molecular weight is 304 g/mol. The second-order valence-electron chi connectivity index (χ2n) is 6.68. The number of aryl methyl sites for hydroxylation is 2. The van der Waals surface area contributed by atoms with E-state index in [0.29, 0.717) is 0 Å². The fraction of sp³-hybridized carbons (Fsp3) is 0.765. The van der Waals surface area contributed by atoms with E-state index in [9.17, 15) is 0 Å². The van der Waals surface area contributed by atoms with E-state index in [4.69, 9.17) is 4.74 Å². The van der Waals surface area contributed by atoms with Crippen LogP contribution in [0.25, 0.3) is 0 Å². The second-order valence-corrected chi connectivity index (χ2v) is 6.68. The first-order valence-electron chi connectivity index (χ1n) is 8.57. The maximum absolute atomic E-state index is 5.55. The van der Waals surface area contributed by atoms with Crippen LogP contribution in [0, 0.1) is 13.8 Å². The summed E-state index contributed by atoms with van der Waals surface area (Å²) in [5.74, 6) is 0.943. The standard InChI is InChI=1S/C17H28N4O/c1-14-12-18-15(2)16(20-14)19-13-17(6-4-3-5-7-17)21-8-10-22-11-9-21/h12H,3-11,13H2,1-2H3,(H,19,20). The summed E-state index contributed by atoms with van der Waals surface area (Å²) in [5.41, 5.74) is 2.22. The van der Waals surface area contributed by atoms with Gasteiger partial charge in [0.2, 0.25) is 0 Å². The summed E-state index contributed by atoms with van der Waals surface area (Å²) < 4.78 is 5.55. The smallest absolute Gasteiger partial charge is 0.147 e. The van der Waals surface area contributed by atoms with Gasteiger partial charge < -0.3 is 10.1 Å². The van der Waals surface area contributed by atoms with Crippen LogP contribution in [-0.4, -0.2) is 53.3 Å². The lowest BCUT2D eigenvalue weighted by Gasteiger charge is -2.48. The van der Waals surface area contributed by atoms with Crippen molar-refractivity contribution >= 4 is 5.82 Å². The molecule has 1 saturated carbocycles. The van der Waals surface area contributed by atoms with Crippen molar-refractivity contribution in [3.63, 3.8) is 0 Å². The quantitative estimate of drug-likeness (QED) is 0.926. The molecule has 1 aromatic rings. The molecule has 3 rings (SSSR count). The van der Waals surface area contributed by atoms with E-state index in [1.165, 1.54) is 32.1 Å². The van der Waals surface area contributed by atoms with Gasteiger partial charge in [0.1, 0.15) is 5.82 Å². The summed E-state index contributed by atoms with van der Waals surface area (Å²) in [7, 11) is 0. The number of hydrogen-bond donors (Lipinski definition) is 1. The first-order valence-corrected chi connectivity index (χ1v) is 8.57. The van der Waals surface area contributed by atoms with Gasteiger partial charge in [-0.25, -0.2) is 4.98 Å². The van der Waals surface area contributed by atoms with Crippen molar-refractivity contribution in [3.05, 3.63) is 17.6 Å². The third kappa shape index (κ3) is 3.41. The summed E-state index contributed by atoms with van der Waals surface area (Å²) in [5, 5.41) is 3.61. The van der Waals surface area contributed by atoms with Gasteiger partial charge in [-0.15, -0.1) is 0 Å². The number of hydrogen-bond acceptors (Lipinski definition) is 5. The lowest BCUT2D eigenvalue weighted by Crippen LogP contribution is -2.58. The van der Waals surface area contributed by atoms with E-state index in [-0.39, 0.29) is 5.54 Å². The van der Waals surface area contributed by atoms with E-state index in [1.807, 2.05) is 20.0 Å². The molecule has 5 nitrogen and oxygen atoms in total. The Balaban J connectivity index is 1.73. The van der Waals surface area contributed by atoms with Crippen molar-refractivity contribution in [1.29, 1.82) is 0 Å². The van der Waals surface area contributed by atoms with Gasteiger partial charge in [-0.05, 0) is 26.7 Å². The Hall–Kier alpha value is -1.20. The molecule has 0 bridgehead atoms. The molecule has 2 heterocycles. The predicted molar refractivity (Wildman–Crippen MR) is 88.2 cm³/mol. The highest BCUT2D eigenvalue weighted by Crippen LogP contribution is 2.34. The molecular weight excluding hydrogens is 276 g/mol. The highest BCUT2D eigenvalue weighted by molar-refractivity contribution is 5.40. The molecule has 0 amide bonds. The van der Waals surface area contributed by atoms with Gasteiger partial charge in [-0.1, -0.05) is 19.3 Å². The van der Waals surface area contributed by atoms with Crippen LogP contribution in [0.2, 0.25) is 0 Å². The number of nitrogens with zero attached hydrogens (tertiary/aromatic N) is 3. The fourth-order valence-corrected chi connectivity index (χ4v) is 3.81. The van der Waals surface area contributed by atoms with Gasteiger partial charge in [0.15, 0.2) is 0 Å². The van der Waals surface area contributed by atoms with Gasteiger partial charge in [0.25, 0.3) is 0 Å². The first-order chi connectivity index (χ1) is 10.7. The van der Waals surface area contributed by atoms with Crippen molar-refractivity contribution in [3.8, 4) is 0 Å². The predicted octanol–water partition coefficient (Wildman–Crippen LogP) is 2.54. The zero-order valence-corrected chi connectivity index (χ0v) is 13.9. The molecule has 122 valence electrons. The van der Waals surface area contributed by atoms with Crippen molar-refractivity contribution in [2.45, 2.75) is 51.5 Å². The van der Waals surface area contributed by atoms with E-state index in [2.05, 4.69) is 20.2 Å². The van der Waals surface area contributed by atoms with E-state index < -0.39 is 0 Å². The number of nitrogens with one attached hydrogen (secondary N) is 1. The molecule has 1 aliphatic heterocycles. The highest BCUT2D eigenvalue weighted by atomic mass is 16.5. The molecule has 22 heavy (non-hydrogen) atoms. The summed E-state index contributed by atoms with van der Waals surface area (Å²) >= 11 is 0. The van der Waals surface area contributed by atoms with E-state index >= 15 is 0 Å². The minimum absolute atomic E-state index is 0.264. The number of morpholine rings is 1. The minimum Gasteiger partial charge on any atom is -0.379 e. The van der Waals surface area contributed by atoms with Crippen LogP contribution in [0.5, 0.6) is 0 Å². The summed E-state index contributed by atoms with van der Waals surface area (Å²) in [6, 6.07) is 0. The summed E-state index contributed by atoms with van der Waals surface area (Å²) in [4.78, 5) is 11.7. The molecule has 0 aromatic carbocycles. The first kappa shape index (κ1) is 15.7. The maximum atomic E-state index is 5.55. The van der Waals surface area contributed by atoms with Crippen LogP contribution in [0.3, 0.4) is 0 Å². The maximum Gasteiger partial charge on any atom is 0.147 e. The van der Waals surface area contributed by atoms with Crippen LogP contribution in [0.4, 0.5) is 5.82 Å². The Bertz CT molecular complexity index is 493. The lowest BCUT2D eigenvalue weighted by atomic mass is 9.79. The number of aromatic nitrogens is 2. The Labute approximate surface area is 133 Å². The molecule has 1 saturated heterocycles. The molecule has 2 fully saturated rings. The molecule has 0 spiro atoms. The minimum atomic E-state index is 0.264. The Morgan fingerprint density at radius 1 is 1.18 bits per heavy atom. The van der Waals surface area contributed by atoms with Crippen molar-refractivity contribution in [1.82, 2.24) is 14.9 Å². The molecular formula is C17H28N4O. The van der Waals surface area contributed by atoms with Crippen LogP contribution in [0.1, 0.15) is 43.5 Å². The normalized spacial score (nSPS) is 22.5. The second kappa shape index (κ2) is 6.92. The van der Waals surface area contributed by atoms with Gasteiger partial charge >= 0.3 is 0 Å². The number of ether oxygens (including phenoxy) is 1. The molecule has 0 unspecified atom stereocenters. The van der Waals surface area contributed by atoms with Crippen LogP contribution in [-0.2, 0) is 4.74 Å². The van der Waals surface area contributed by atoms with E-state index in [1.54, 1.807) is 0 Å². The number of anilines is 1. The zero-order chi connectivity index (χ0) is 15.4. The van der Waals surface area contributed by atoms with Crippen molar-refractivity contribution < 1.29 is 4.74 Å². The monoisotopic (exact) mass is 304 g/mol. The summed E-state index contributed by atoms with van der Waals surface area (Å²) in [6.07, 6.45) is 8.42. The Kier molecular flexibility index (Phi) is 4.93. The number of rotatable bonds is 4. The Morgan fingerprint density at radius 2 is 1.91 bits per heavy atom. The van der Waals surface area contributed by atoms with Gasteiger partial charge in [-0.3, -0.25) is 9.88 Å². The molecule has 1 N–H and O–H groups in total. The topological polar surface area (TPSA) is 50.3 Å². The van der Waals surface area contributed by atoms with Crippen LogP contribution >= 0.6 is 0 Å². The highest BCUT2D eigenvalue weighted by Gasteiger charge is 2.38. The molecule has 2 aliphatic rings. The van der Waals surface area contributed by atoms with Gasteiger partial charge in [0, 0.05) is 31.4 Å². The Morgan fingerprint density at radius 3 is 2.64 bits per heavy atom. The molecule has 1 aliphatic carbocycles. The molecule has 0 atom stereocenters. The van der Waals surface area contributed by atoms with E-state index in [0.717, 1.165) is 50.1 Å². The third-order valence-electron chi connectivity index (χ3n) is 5.13. The van der Waals surface area contributed by atoms with Gasteiger partial charge in [-0.2, -0.15) is 0 Å². The van der Waals surface area contributed by atoms with Crippen molar-refractivity contribution in [2.75, 3.05) is 38.2 Å². The zero-order valence-electron chi connectivity index (χ0n) is 13.9. The van der Waals surface area contributed by atoms with Crippen molar-refractivity contribution in [2.24, 2.45) is 0 Å². The summed E-state index contributed by atoms with van der Waals surface area (Å²) in [6.45, 7) is 8.83. The fourth-order valence-electron chi connectivity index (χ4n) is 3.81. The van der Waals surface area contributed by atoms with Crippen LogP contribution < -0.4 is 5.32 Å². The average Bonchev–Trinajstić information content (AvgIpc) is 2.57. The largest absolute Gasteiger partial charge is 0.379 e. The molecule has 1 aromatic heterocycles. The third-order valence-corrected chi connectivity index (χ3v) is 5.13.